The van der Waals surface area contributed by atoms with Crippen molar-refractivity contribution in [3.8, 4) is 0 Å². The number of esters is 1. The van der Waals surface area contributed by atoms with Crippen LogP contribution in [0.15, 0.2) is 11.6 Å². The van der Waals surface area contributed by atoms with Gasteiger partial charge in [-0.15, -0.1) is 0 Å². The highest BCUT2D eigenvalue weighted by molar-refractivity contribution is 5.66. The summed E-state index contributed by atoms with van der Waals surface area (Å²) < 4.78 is 12.3. The van der Waals surface area contributed by atoms with Crippen LogP contribution < -0.4 is 0 Å². The second kappa shape index (κ2) is 6.56. The molecule has 5 aliphatic rings. The molecule has 4 fully saturated rings. The molecule has 1 N–H and O–H groups in total. The lowest BCUT2D eigenvalue weighted by atomic mass is 9.46. The molecule has 0 aromatic rings. The van der Waals surface area contributed by atoms with Gasteiger partial charge in [-0.2, -0.15) is 0 Å². The number of carbonyl (C=O) groups is 1. The summed E-state index contributed by atoms with van der Waals surface area (Å²) in [6.45, 7) is 8.82. The predicted molar refractivity (Wildman–Crippen MR) is 111 cm³/mol. The van der Waals surface area contributed by atoms with Gasteiger partial charge in [-0.25, -0.2) is 0 Å². The van der Waals surface area contributed by atoms with Crippen LogP contribution in [-0.4, -0.2) is 29.1 Å². The number of allylic oxidation sites excluding steroid dienone is 1. The van der Waals surface area contributed by atoms with Crippen LogP contribution in [0.1, 0.15) is 85.5 Å². The predicted octanol–water partition coefficient (Wildman–Crippen LogP) is 4.99. The summed E-state index contributed by atoms with van der Waals surface area (Å²) in [5.74, 6) is 2.01. The van der Waals surface area contributed by atoms with Gasteiger partial charge < -0.3 is 14.6 Å². The summed E-state index contributed by atoms with van der Waals surface area (Å²) >= 11 is 0. The summed E-state index contributed by atoms with van der Waals surface area (Å²) in [5, 5.41) is 10.2. The third-order valence-corrected chi connectivity index (χ3v) is 10.1. The Morgan fingerprint density at radius 3 is 2.52 bits per heavy atom. The number of hydrogen-bond acceptors (Lipinski definition) is 4. The number of aliphatic hydroxyl groups is 1. The van der Waals surface area contributed by atoms with Crippen LogP contribution in [-0.2, 0) is 14.3 Å². The summed E-state index contributed by atoms with van der Waals surface area (Å²) in [6, 6.07) is 0. The van der Waals surface area contributed by atoms with E-state index < -0.39 is 6.29 Å². The van der Waals surface area contributed by atoms with Crippen LogP contribution in [0.5, 0.6) is 0 Å². The molecule has 0 radical (unpaired) electrons. The van der Waals surface area contributed by atoms with Crippen LogP contribution in [0, 0.1) is 34.5 Å². The zero-order valence-electron chi connectivity index (χ0n) is 18.6. The fraction of sp³-hybridized carbons (Fsp3) is 0.880. The average molecular weight is 403 g/mol. The molecule has 1 aliphatic heterocycles. The fourth-order valence-corrected chi connectivity index (χ4v) is 8.54. The van der Waals surface area contributed by atoms with Gasteiger partial charge in [0.1, 0.15) is 6.10 Å². The van der Waals surface area contributed by atoms with Crippen molar-refractivity contribution in [1.29, 1.82) is 0 Å². The monoisotopic (exact) mass is 402 g/mol. The van der Waals surface area contributed by atoms with Crippen molar-refractivity contribution < 1.29 is 19.4 Å². The highest BCUT2D eigenvalue weighted by Crippen LogP contribution is 2.70. The van der Waals surface area contributed by atoms with Gasteiger partial charge in [0.15, 0.2) is 6.29 Å². The average Bonchev–Trinajstić information content (AvgIpc) is 3.17. The van der Waals surface area contributed by atoms with Crippen molar-refractivity contribution in [2.75, 3.05) is 0 Å². The standard InChI is InChI=1S/C25H38O4/c1-15-5-9-23(3)17(13-15)14-20(28-16(2)26)22-18(23)6-10-24(4)19(22)7-11-25(24)12-8-21(27)29-25/h14-15,18-22,27H,5-13H2,1-4H3/t15?,18?,19?,20-,21?,22?,23?,24-,25+/m0/s1. The Hall–Kier alpha value is -0.870. The molecule has 4 nitrogen and oxygen atoms in total. The molecule has 0 bridgehead atoms. The van der Waals surface area contributed by atoms with E-state index in [9.17, 15) is 9.90 Å². The van der Waals surface area contributed by atoms with Crippen molar-refractivity contribution in [1.82, 2.24) is 0 Å². The molecule has 29 heavy (non-hydrogen) atoms. The number of fused-ring (bicyclic) bond motifs is 6. The minimum Gasteiger partial charge on any atom is -0.458 e. The third-order valence-electron chi connectivity index (χ3n) is 10.1. The molecule has 0 aromatic carbocycles. The van der Waals surface area contributed by atoms with Crippen LogP contribution >= 0.6 is 0 Å². The van der Waals surface area contributed by atoms with Gasteiger partial charge in [-0.3, -0.25) is 4.79 Å². The molecule has 1 spiro atoms. The molecule has 5 rings (SSSR count). The Balaban J connectivity index is 1.55. The molecule has 4 aliphatic carbocycles. The van der Waals surface area contributed by atoms with E-state index in [0.29, 0.717) is 17.8 Å². The van der Waals surface area contributed by atoms with E-state index in [1.54, 1.807) is 12.5 Å². The van der Waals surface area contributed by atoms with Crippen molar-refractivity contribution in [3.05, 3.63) is 11.6 Å². The molecule has 9 atom stereocenters. The van der Waals surface area contributed by atoms with E-state index in [1.807, 2.05) is 0 Å². The van der Waals surface area contributed by atoms with E-state index >= 15 is 0 Å². The maximum Gasteiger partial charge on any atom is 0.303 e. The van der Waals surface area contributed by atoms with Crippen LogP contribution in [0.2, 0.25) is 0 Å². The first-order valence-electron chi connectivity index (χ1n) is 11.9. The summed E-state index contributed by atoms with van der Waals surface area (Å²) in [5.41, 5.74) is 1.68. The first kappa shape index (κ1) is 20.1. The smallest absolute Gasteiger partial charge is 0.303 e. The lowest BCUT2D eigenvalue weighted by molar-refractivity contribution is -0.202. The highest BCUT2D eigenvalue weighted by Gasteiger charge is 2.67. The number of carbonyl (C=O) groups excluding carboxylic acids is 1. The van der Waals surface area contributed by atoms with Crippen molar-refractivity contribution in [2.45, 2.75) is 103 Å². The Morgan fingerprint density at radius 2 is 1.83 bits per heavy atom. The zero-order chi connectivity index (χ0) is 20.6. The Kier molecular flexibility index (Phi) is 4.54. The molecule has 1 heterocycles. The number of rotatable bonds is 1. The normalized spacial score (nSPS) is 53.8. The van der Waals surface area contributed by atoms with Crippen molar-refractivity contribution >= 4 is 5.97 Å². The van der Waals surface area contributed by atoms with E-state index in [4.69, 9.17) is 9.47 Å². The maximum absolute atomic E-state index is 12.0. The fourth-order valence-electron chi connectivity index (χ4n) is 8.54. The van der Waals surface area contributed by atoms with Gasteiger partial charge in [-0.05, 0) is 86.0 Å². The van der Waals surface area contributed by atoms with Crippen molar-refractivity contribution in [3.63, 3.8) is 0 Å². The lowest BCUT2D eigenvalue weighted by Gasteiger charge is -2.60. The molecule has 0 aromatic heterocycles. The molecule has 0 amide bonds. The first-order valence-corrected chi connectivity index (χ1v) is 11.9. The van der Waals surface area contributed by atoms with E-state index in [0.717, 1.165) is 44.4 Å². The molecule has 4 heteroatoms. The van der Waals surface area contributed by atoms with Gasteiger partial charge in [0.05, 0.1) is 5.60 Å². The summed E-state index contributed by atoms with van der Waals surface area (Å²) in [4.78, 5) is 12.0. The number of hydrogen-bond donors (Lipinski definition) is 1. The van der Waals surface area contributed by atoms with E-state index in [2.05, 4.69) is 26.8 Å². The van der Waals surface area contributed by atoms with Crippen LogP contribution in [0.3, 0.4) is 0 Å². The van der Waals surface area contributed by atoms with Gasteiger partial charge >= 0.3 is 5.97 Å². The molecule has 3 saturated carbocycles. The molecule has 1 saturated heterocycles. The SMILES string of the molecule is CC(=O)O[C@H]1C=C2CC(C)CCC2(C)C2CC[C@@]3(C)C(CC[C@@]34CCC(O)O4)C21. The Bertz CT molecular complexity index is 730. The van der Waals surface area contributed by atoms with Crippen molar-refractivity contribution in [2.24, 2.45) is 34.5 Å². The minimum atomic E-state index is -0.609. The number of ether oxygens (including phenoxy) is 2. The number of aliphatic hydroxyl groups excluding tert-OH is 1. The second-order valence-corrected chi connectivity index (χ2v) is 11.4. The Morgan fingerprint density at radius 1 is 1.10 bits per heavy atom. The topological polar surface area (TPSA) is 55.8 Å². The molecular formula is C25H38O4. The van der Waals surface area contributed by atoms with E-state index in [-0.39, 0.29) is 28.5 Å². The first-order chi connectivity index (χ1) is 13.7. The summed E-state index contributed by atoms with van der Waals surface area (Å²) in [6.07, 6.45) is 11.6. The highest BCUT2D eigenvalue weighted by atomic mass is 16.6. The van der Waals surface area contributed by atoms with Gasteiger partial charge in [-0.1, -0.05) is 26.3 Å². The van der Waals surface area contributed by atoms with Crippen LogP contribution in [0.4, 0.5) is 0 Å². The molecule has 162 valence electrons. The maximum atomic E-state index is 12.0. The lowest BCUT2D eigenvalue weighted by Crippen LogP contribution is -2.58. The molecular weight excluding hydrogens is 364 g/mol. The van der Waals surface area contributed by atoms with Gasteiger partial charge in [0.2, 0.25) is 0 Å². The zero-order valence-corrected chi connectivity index (χ0v) is 18.6. The largest absolute Gasteiger partial charge is 0.458 e. The van der Waals surface area contributed by atoms with Gasteiger partial charge in [0, 0.05) is 19.3 Å². The van der Waals surface area contributed by atoms with E-state index in [1.165, 1.54) is 19.3 Å². The Labute approximate surface area is 175 Å². The third kappa shape index (κ3) is 2.74. The summed E-state index contributed by atoms with van der Waals surface area (Å²) in [7, 11) is 0. The quantitative estimate of drug-likeness (QED) is 0.496. The van der Waals surface area contributed by atoms with Gasteiger partial charge in [0.25, 0.3) is 0 Å². The minimum absolute atomic E-state index is 0.0632. The molecule has 6 unspecified atom stereocenters. The second-order valence-electron chi connectivity index (χ2n) is 11.4. The van der Waals surface area contributed by atoms with Crippen LogP contribution in [0.25, 0.3) is 0 Å².